The zero-order valence-corrected chi connectivity index (χ0v) is 12.0. The molecule has 2 heterocycles. The molecular weight excluding hydrogens is 274 g/mol. The van der Waals surface area contributed by atoms with Crippen molar-refractivity contribution in [1.29, 1.82) is 0 Å². The van der Waals surface area contributed by atoms with Gasteiger partial charge >= 0.3 is 0 Å². The van der Waals surface area contributed by atoms with E-state index >= 15 is 0 Å². The van der Waals surface area contributed by atoms with Gasteiger partial charge in [-0.25, -0.2) is 0 Å². The Hall–Kier alpha value is -2.21. The predicted molar refractivity (Wildman–Crippen MR) is 76.8 cm³/mol. The first kappa shape index (κ1) is 12.8. The number of aryl methyl sites for hydroxylation is 1. The quantitative estimate of drug-likeness (QED) is 0.681. The Bertz CT molecular complexity index is 788. The fourth-order valence-corrected chi connectivity index (χ4v) is 2.72. The van der Waals surface area contributed by atoms with E-state index in [4.69, 9.17) is 12.2 Å². The molecule has 1 aromatic carbocycles. The number of aromatic nitrogens is 2. The highest BCUT2D eigenvalue weighted by atomic mass is 32.1. The number of imide groups is 1. The molecule has 20 heavy (non-hydrogen) atoms. The Morgan fingerprint density at radius 3 is 2.60 bits per heavy atom. The van der Waals surface area contributed by atoms with E-state index in [0.717, 1.165) is 22.7 Å². The van der Waals surface area contributed by atoms with Crippen molar-refractivity contribution in [2.45, 2.75) is 13.3 Å². The zero-order chi connectivity index (χ0) is 14.4. The number of rotatable bonds is 2. The number of fused-ring (bicyclic) bond motifs is 1. The molecule has 0 saturated heterocycles. The second kappa shape index (κ2) is 4.42. The van der Waals surface area contributed by atoms with Gasteiger partial charge in [0.15, 0.2) is 4.77 Å². The molecule has 1 aromatic heterocycles. The smallest absolute Gasteiger partial charge is 0.261 e. The first-order chi connectivity index (χ1) is 9.54. The second-order valence-corrected chi connectivity index (χ2v) is 5.06. The van der Waals surface area contributed by atoms with Crippen LogP contribution in [0.4, 0.5) is 0 Å². The van der Waals surface area contributed by atoms with Crippen LogP contribution in [0.15, 0.2) is 24.4 Å². The maximum atomic E-state index is 12.0. The Kier molecular flexibility index (Phi) is 2.83. The molecule has 0 bridgehead atoms. The molecule has 5 nitrogen and oxygen atoms in total. The normalized spacial score (nSPS) is 14.0. The van der Waals surface area contributed by atoms with Gasteiger partial charge in [0.25, 0.3) is 11.8 Å². The molecule has 1 N–H and O–H groups in total. The molecule has 0 fully saturated rings. The minimum Gasteiger partial charge on any atom is -0.337 e. The van der Waals surface area contributed by atoms with E-state index < -0.39 is 0 Å². The molecule has 2 amide bonds. The van der Waals surface area contributed by atoms with Gasteiger partial charge in [-0.3, -0.25) is 19.1 Å². The summed E-state index contributed by atoms with van der Waals surface area (Å²) < 4.78 is 2.46. The molecule has 2 aromatic rings. The number of carbonyl (C=O) groups is 2. The van der Waals surface area contributed by atoms with E-state index in [0.29, 0.717) is 15.9 Å². The first-order valence-corrected chi connectivity index (χ1v) is 6.71. The summed E-state index contributed by atoms with van der Waals surface area (Å²) in [5, 5.41) is 0. The van der Waals surface area contributed by atoms with E-state index in [1.54, 1.807) is 12.1 Å². The second-order valence-electron chi connectivity index (χ2n) is 4.67. The number of hydrogen-bond donors (Lipinski definition) is 1. The number of aromatic amines is 1. The van der Waals surface area contributed by atoms with Gasteiger partial charge in [-0.15, -0.1) is 0 Å². The maximum absolute atomic E-state index is 12.0. The molecule has 1 aliphatic rings. The monoisotopic (exact) mass is 287 g/mol. The van der Waals surface area contributed by atoms with Crippen molar-refractivity contribution in [2.24, 2.45) is 0 Å². The number of amides is 2. The fraction of sp³-hybridized carbons (Fsp3) is 0.214. The third kappa shape index (κ3) is 1.65. The van der Waals surface area contributed by atoms with Crippen LogP contribution >= 0.6 is 12.2 Å². The SMILES string of the molecule is CCc1c[nH]c(=S)n1-c1ccc2c(c1)C(=O)N(C)C2=O. The van der Waals surface area contributed by atoms with Gasteiger partial charge in [0.2, 0.25) is 0 Å². The Labute approximate surface area is 120 Å². The van der Waals surface area contributed by atoms with Crippen molar-refractivity contribution in [3.05, 3.63) is 46.0 Å². The van der Waals surface area contributed by atoms with E-state index in [1.807, 2.05) is 23.8 Å². The highest BCUT2D eigenvalue weighted by molar-refractivity contribution is 7.71. The number of imidazole rings is 1. The fourth-order valence-electron chi connectivity index (χ4n) is 2.44. The van der Waals surface area contributed by atoms with Crippen LogP contribution in [0.25, 0.3) is 5.69 Å². The molecule has 0 spiro atoms. The van der Waals surface area contributed by atoms with Crippen LogP contribution < -0.4 is 0 Å². The lowest BCUT2D eigenvalue weighted by Crippen LogP contribution is -2.24. The van der Waals surface area contributed by atoms with Gasteiger partial charge in [0, 0.05) is 24.6 Å². The highest BCUT2D eigenvalue weighted by Crippen LogP contribution is 2.25. The summed E-state index contributed by atoms with van der Waals surface area (Å²) in [7, 11) is 1.49. The van der Waals surface area contributed by atoms with Gasteiger partial charge < -0.3 is 4.98 Å². The minimum absolute atomic E-state index is 0.259. The number of nitrogens with zero attached hydrogens (tertiary/aromatic N) is 2. The van der Waals surface area contributed by atoms with Crippen LogP contribution in [0.5, 0.6) is 0 Å². The van der Waals surface area contributed by atoms with Crippen LogP contribution in [-0.2, 0) is 6.42 Å². The van der Waals surface area contributed by atoms with Gasteiger partial charge in [0.05, 0.1) is 11.1 Å². The molecule has 3 rings (SSSR count). The van der Waals surface area contributed by atoms with Crippen molar-refractivity contribution < 1.29 is 9.59 Å². The zero-order valence-electron chi connectivity index (χ0n) is 11.1. The van der Waals surface area contributed by atoms with Crippen molar-refractivity contribution in [2.75, 3.05) is 7.05 Å². The van der Waals surface area contributed by atoms with Crippen LogP contribution in [-0.4, -0.2) is 33.3 Å². The van der Waals surface area contributed by atoms with Crippen LogP contribution in [0, 0.1) is 4.77 Å². The topological polar surface area (TPSA) is 58.1 Å². The summed E-state index contributed by atoms with van der Waals surface area (Å²) in [5.41, 5.74) is 2.70. The number of H-pyrrole nitrogens is 1. The summed E-state index contributed by atoms with van der Waals surface area (Å²) >= 11 is 5.27. The average Bonchev–Trinajstić information content (AvgIpc) is 2.93. The molecule has 0 radical (unpaired) electrons. The van der Waals surface area contributed by atoms with Gasteiger partial charge in [-0.05, 0) is 36.8 Å². The standard InChI is InChI=1S/C14H13N3O2S/c1-3-8-7-15-14(20)17(8)9-4-5-10-11(6-9)13(19)16(2)12(10)18/h4-7H,3H2,1-2H3,(H,15,20). The van der Waals surface area contributed by atoms with E-state index in [1.165, 1.54) is 7.05 Å². The Morgan fingerprint density at radius 2 is 1.90 bits per heavy atom. The average molecular weight is 287 g/mol. The lowest BCUT2D eigenvalue weighted by molar-refractivity contribution is 0.0693. The molecule has 0 unspecified atom stereocenters. The minimum atomic E-state index is -0.271. The van der Waals surface area contributed by atoms with Crippen molar-refractivity contribution >= 4 is 24.0 Å². The number of hydrogen-bond acceptors (Lipinski definition) is 3. The summed E-state index contributed by atoms with van der Waals surface area (Å²) in [4.78, 5) is 28.0. The largest absolute Gasteiger partial charge is 0.337 e. The number of carbonyl (C=O) groups excluding carboxylic acids is 2. The van der Waals surface area contributed by atoms with Crippen molar-refractivity contribution in [3.8, 4) is 5.69 Å². The summed E-state index contributed by atoms with van der Waals surface area (Å²) in [5.74, 6) is -0.531. The van der Waals surface area contributed by atoms with Gasteiger partial charge in [-0.2, -0.15) is 0 Å². The summed E-state index contributed by atoms with van der Waals surface area (Å²) in [6.45, 7) is 2.03. The summed E-state index contributed by atoms with van der Waals surface area (Å²) in [6, 6.07) is 5.22. The van der Waals surface area contributed by atoms with E-state index in [2.05, 4.69) is 4.98 Å². The lowest BCUT2D eigenvalue weighted by atomic mass is 10.1. The number of nitrogens with one attached hydrogen (secondary N) is 1. The highest BCUT2D eigenvalue weighted by Gasteiger charge is 2.32. The van der Waals surface area contributed by atoms with Crippen molar-refractivity contribution in [3.63, 3.8) is 0 Å². The van der Waals surface area contributed by atoms with E-state index in [9.17, 15) is 9.59 Å². The molecule has 102 valence electrons. The third-order valence-corrected chi connectivity index (χ3v) is 3.85. The van der Waals surface area contributed by atoms with Crippen molar-refractivity contribution in [1.82, 2.24) is 14.5 Å². The molecule has 6 heteroatoms. The lowest BCUT2D eigenvalue weighted by Gasteiger charge is -2.07. The molecular formula is C14H13N3O2S. The van der Waals surface area contributed by atoms with Crippen LogP contribution in [0.3, 0.4) is 0 Å². The van der Waals surface area contributed by atoms with E-state index in [-0.39, 0.29) is 11.8 Å². The molecule has 0 saturated carbocycles. The van der Waals surface area contributed by atoms with Gasteiger partial charge in [0.1, 0.15) is 0 Å². The molecule has 1 aliphatic heterocycles. The maximum Gasteiger partial charge on any atom is 0.261 e. The molecule has 0 aliphatic carbocycles. The first-order valence-electron chi connectivity index (χ1n) is 6.30. The molecule has 0 atom stereocenters. The Morgan fingerprint density at radius 1 is 1.20 bits per heavy atom. The predicted octanol–water partition coefficient (Wildman–Crippen LogP) is 2.32. The van der Waals surface area contributed by atoms with Crippen LogP contribution in [0.2, 0.25) is 0 Å². The van der Waals surface area contributed by atoms with Gasteiger partial charge in [-0.1, -0.05) is 6.92 Å². The third-order valence-electron chi connectivity index (χ3n) is 3.55. The Balaban J connectivity index is 2.20. The van der Waals surface area contributed by atoms with Crippen LogP contribution in [0.1, 0.15) is 33.3 Å². The summed E-state index contributed by atoms with van der Waals surface area (Å²) in [6.07, 6.45) is 2.67. The number of benzene rings is 1.